The number of nitrogens with zero attached hydrogens (tertiary/aromatic N) is 1. The Hall–Kier alpha value is -2.12. The molecule has 1 unspecified atom stereocenters. The van der Waals surface area contributed by atoms with E-state index in [2.05, 4.69) is 4.72 Å². The Morgan fingerprint density at radius 2 is 2.09 bits per heavy atom. The fourth-order valence-corrected chi connectivity index (χ4v) is 3.77. The molecule has 0 radical (unpaired) electrons. The number of likely N-dealkylation sites (N-methyl/N-ethyl adjacent to an activating group) is 1. The molecule has 2 heterocycles. The maximum Gasteiger partial charge on any atom is 0.241 e. The van der Waals surface area contributed by atoms with Crippen LogP contribution in [0.3, 0.4) is 0 Å². The van der Waals surface area contributed by atoms with Crippen molar-refractivity contribution in [3.8, 4) is 0 Å². The highest BCUT2D eigenvalue weighted by atomic mass is 32.2. The van der Waals surface area contributed by atoms with Crippen LogP contribution in [-0.4, -0.2) is 21.4 Å². The SMILES string of the molecule is CC(NS(=O)(=O)c1ccc2c(c1)CC(=O)N2C)c1ccco1. The second-order valence-electron chi connectivity index (χ2n) is 5.28. The zero-order chi connectivity index (χ0) is 15.9. The third-order valence-corrected chi connectivity index (χ3v) is 5.28. The lowest BCUT2D eigenvalue weighted by Crippen LogP contribution is -2.26. The van der Waals surface area contributed by atoms with Gasteiger partial charge < -0.3 is 9.32 Å². The summed E-state index contributed by atoms with van der Waals surface area (Å²) < 4.78 is 32.7. The van der Waals surface area contributed by atoms with Gasteiger partial charge in [-0.05, 0) is 42.8 Å². The van der Waals surface area contributed by atoms with Gasteiger partial charge in [-0.1, -0.05) is 0 Å². The summed E-state index contributed by atoms with van der Waals surface area (Å²) in [5.41, 5.74) is 1.48. The van der Waals surface area contributed by atoms with Crippen molar-refractivity contribution in [1.29, 1.82) is 0 Å². The van der Waals surface area contributed by atoms with Gasteiger partial charge in [0.15, 0.2) is 0 Å². The number of rotatable bonds is 4. The molecular weight excluding hydrogens is 304 g/mol. The van der Waals surface area contributed by atoms with E-state index in [4.69, 9.17) is 4.42 Å². The Labute approximate surface area is 128 Å². The van der Waals surface area contributed by atoms with E-state index in [0.29, 0.717) is 5.76 Å². The first-order valence-electron chi connectivity index (χ1n) is 6.84. The second-order valence-corrected chi connectivity index (χ2v) is 6.99. The first-order chi connectivity index (χ1) is 10.4. The summed E-state index contributed by atoms with van der Waals surface area (Å²) in [5, 5.41) is 0. The molecule has 7 heteroatoms. The average Bonchev–Trinajstić information content (AvgIpc) is 3.08. The summed E-state index contributed by atoms with van der Waals surface area (Å²) in [4.78, 5) is 13.4. The topological polar surface area (TPSA) is 79.6 Å². The molecule has 0 fully saturated rings. The summed E-state index contributed by atoms with van der Waals surface area (Å²) in [6, 6.07) is 7.66. The van der Waals surface area contributed by atoms with Crippen molar-refractivity contribution in [2.75, 3.05) is 11.9 Å². The van der Waals surface area contributed by atoms with Gasteiger partial charge in [0.05, 0.1) is 23.6 Å². The number of hydrogen-bond donors (Lipinski definition) is 1. The van der Waals surface area contributed by atoms with Crippen LogP contribution in [0.4, 0.5) is 5.69 Å². The first-order valence-corrected chi connectivity index (χ1v) is 8.32. The highest BCUT2D eigenvalue weighted by Gasteiger charge is 2.27. The summed E-state index contributed by atoms with van der Waals surface area (Å²) in [6.07, 6.45) is 1.72. The number of hydrogen-bond acceptors (Lipinski definition) is 4. The largest absolute Gasteiger partial charge is 0.468 e. The van der Waals surface area contributed by atoms with Gasteiger partial charge in [0.25, 0.3) is 0 Å². The van der Waals surface area contributed by atoms with Crippen molar-refractivity contribution in [1.82, 2.24) is 4.72 Å². The maximum atomic E-state index is 12.4. The molecule has 1 atom stereocenters. The molecule has 0 aliphatic carbocycles. The van der Waals surface area contributed by atoms with Crippen molar-refractivity contribution in [3.05, 3.63) is 47.9 Å². The number of carbonyl (C=O) groups excluding carboxylic acids is 1. The summed E-state index contributed by atoms with van der Waals surface area (Å²) in [6.45, 7) is 1.71. The minimum atomic E-state index is -3.68. The van der Waals surface area contributed by atoms with E-state index in [9.17, 15) is 13.2 Å². The number of benzene rings is 1. The summed E-state index contributed by atoms with van der Waals surface area (Å²) in [7, 11) is -2.00. The van der Waals surface area contributed by atoms with Crippen molar-refractivity contribution in [2.24, 2.45) is 0 Å². The standard InChI is InChI=1S/C15H16N2O4S/c1-10(14-4-3-7-21-14)16-22(19,20)12-5-6-13-11(8-12)9-15(18)17(13)2/h3-8,10,16H,9H2,1-2H3. The molecule has 1 aliphatic rings. The number of sulfonamides is 1. The van der Waals surface area contributed by atoms with Crippen LogP contribution in [0.5, 0.6) is 0 Å². The minimum Gasteiger partial charge on any atom is -0.468 e. The fraction of sp³-hybridized carbons (Fsp3) is 0.267. The van der Waals surface area contributed by atoms with Gasteiger partial charge in [-0.25, -0.2) is 13.1 Å². The van der Waals surface area contributed by atoms with Gasteiger partial charge >= 0.3 is 0 Å². The van der Waals surface area contributed by atoms with Gasteiger partial charge in [-0.2, -0.15) is 0 Å². The third kappa shape index (κ3) is 2.53. The molecule has 0 saturated carbocycles. The lowest BCUT2D eigenvalue weighted by Gasteiger charge is -2.14. The Bertz CT molecular complexity index is 812. The molecule has 0 spiro atoms. The van der Waals surface area contributed by atoms with Crippen molar-refractivity contribution >= 4 is 21.6 Å². The molecule has 1 amide bonds. The van der Waals surface area contributed by atoms with Crippen LogP contribution in [0.25, 0.3) is 0 Å². The minimum absolute atomic E-state index is 0.0403. The van der Waals surface area contributed by atoms with Crippen LogP contribution < -0.4 is 9.62 Å². The number of amides is 1. The predicted molar refractivity (Wildman–Crippen MR) is 81.0 cm³/mol. The van der Waals surface area contributed by atoms with E-state index in [1.54, 1.807) is 38.2 Å². The van der Waals surface area contributed by atoms with E-state index in [1.807, 2.05) is 0 Å². The van der Waals surface area contributed by atoms with E-state index in [-0.39, 0.29) is 17.2 Å². The van der Waals surface area contributed by atoms with Crippen LogP contribution in [0, 0.1) is 0 Å². The lowest BCUT2D eigenvalue weighted by atomic mass is 10.2. The van der Waals surface area contributed by atoms with Crippen molar-refractivity contribution < 1.29 is 17.6 Å². The number of carbonyl (C=O) groups is 1. The van der Waals surface area contributed by atoms with Gasteiger partial charge in [-0.15, -0.1) is 0 Å². The van der Waals surface area contributed by atoms with Crippen LogP contribution >= 0.6 is 0 Å². The molecule has 1 aliphatic heterocycles. The number of furan rings is 1. The monoisotopic (exact) mass is 320 g/mol. The number of fused-ring (bicyclic) bond motifs is 1. The second kappa shape index (κ2) is 5.26. The number of anilines is 1. The smallest absolute Gasteiger partial charge is 0.241 e. The Morgan fingerprint density at radius 1 is 1.32 bits per heavy atom. The fourth-order valence-electron chi connectivity index (χ4n) is 2.51. The maximum absolute atomic E-state index is 12.4. The molecule has 1 aromatic carbocycles. The molecule has 116 valence electrons. The Kier molecular flexibility index (Phi) is 3.54. The van der Waals surface area contributed by atoms with Crippen LogP contribution in [0.2, 0.25) is 0 Å². The molecule has 0 saturated heterocycles. The highest BCUT2D eigenvalue weighted by molar-refractivity contribution is 7.89. The summed E-state index contributed by atoms with van der Waals surface area (Å²) in [5.74, 6) is 0.501. The molecule has 1 N–H and O–H groups in total. The highest BCUT2D eigenvalue weighted by Crippen LogP contribution is 2.30. The molecule has 2 aromatic rings. The molecule has 6 nitrogen and oxygen atoms in total. The third-order valence-electron chi connectivity index (χ3n) is 3.74. The van der Waals surface area contributed by atoms with Crippen molar-refractivity contribution in [3.63, 3.8) is 0 Å². The summed E-state index contributed by atoms with van der Waals surface area (Å²) >= 11 is 0. The van der Waals surface area contributed by atoms with E-state index in [1.165, 1.54) is 17.2 Å². The van der Waals surface area contributed by atoms with Gasteiger partial charge in [0.1, 0.15) is 5.76 Å². The Morgan fingerprint density at radius 3 is 2.77 bits per heavy atom. The first kappa shape index (κ1) is 14.8. The van der Waals surface area contributed by atoms with E-state index < -0.39 is 16.1 Å². The van der Waals surface area contributed by atoms with Gasteiger partial charge in [-0.3, -0.25) is 4.79 Å². The lowest BCUT2D eigenvalue weighted by molar-refractivity contribution is -0.117. The molecule has 1 aromatic heterocycles. The predicted octanol–water partition coefficient (Wildman–Crippen LogP) is 1.84. The molecule has 3 rings (SSSR count). The van der Waals surface area contributed by atoms with E-state index in [0.717, 1.165) is 11.3 Å². The average molecular weight is 320 g/mol. The van der Waals surface area contributed by atoms with E-state index >= 15 is 0 Å². The number of nitrogens with one attached hydrogen (secondary N) is 1. The zero-order valence-electron chi connectivity index (χ0n) is 12.2. The van der Waals surface area contributed by atoms with Gasteiger partial charge in [0.2, 0.25) is 15.9 Å². The van der Waals surface area contributed by atoms with Gasteiger partial charge in [0, 0.05) is 12.7 Å². The molecule has 22 heavy (non-hydrogen) atoms. The normalized spacial score (nSPS) is 15.9. The quantitative estimate of drug-likeness (QED) is 0.932. The zero-order valence-corrected chi connectivity index (χ0v) is 13.1. The van der Waals surface area contributed by atoms with Crippen LogP contribution in [-0.2, 0) is 21.2 Å². The molecular formula is C15H16N2O4S. The van der Waals surface area contributed by atoms with Crippen LogP contribution in [0.15, 0.2) is 45.9 Å². The van der Waals surface area contributed by atoms with Crippen molar-refractivity contribution in [2.45, 2.75) is 24.3 Å². The van der Waals surface area contributed by atoms with Crippen LogP contribution in [0.1, 0.15) is 24.3 Å². The Balaban J connectivity index is 1.88. The molecule has 0 bridgehead atoms.